The van der Waals surface area contributed by atoms with Gasteiger partial charge in [-0.1, -0.05) is 42.5 Å². The molecule has 3 amide bonds. The van der Waals surface area contributed by atoms with Crippen LogP contribution in [0, 0.1) is 0 Å². The lowest BCUT2D eigenvalue weighted by molar-refractivity contribution is -0.150. The van der Waals surface area contributed by atoms with E-state index in [4.69, 9.17) is 4.74 Å². The summed E-state index contributed by atoms with van der Waals surface area (Å²) in [5.41, 5.74) is 1.61. The molecule has 8 nitrogen and oxygen atoms in total. The van der Waals surface area contributed by atoms with Crippen LogP contribution in [0.5, 0.6) is 0 Å². The lowest BCUT2D eigenvalue weighted by Gasteiger charge is -2.30. The van der Waals surface area contributed by atoms with Crippen molar-refractivity contribution in [3.8, 4) is 0 Å². The Morgan fingerprint density at radius 2 is 1.77 bits per heavy atom. The maximum Gasteiger partial charge on any atom is 0.355 e. The Bertz CT molecular complexity index is 1020. The molecule has 0 spiro atoms. The van der Waals surface area contributed by atoms with Crippen molar-refractivity contribution < 1.29 is 23.9 Å². The Morgan fingerprint density at radius 3 is 2.47 bits per heavy atom. The fourth-order valence-electron chi connectivity index (χ4n) is 2.98. The number of hydrogen-bond donors (Lipinski definition) is 2. The van der Waals surface area contributed by atoms with Crippen LogP contribution >= 0.6 is 0 Å². The second-order valence-corrected chi connectivity index (χ2v) is 6.69. The number of esters is 1. The highest BCUT2D eigenvalue weighted by Crippen LogP contribution is 2.29. The van der Waals surface area contributed by atoms with Crippen molar-refractivity contribution in [3.05, 3.63) is 65.9 Å². The minimum Gasteiger partial charge on any atom is -0.448 e. The smallest absolute Gasteiger partial charge is 0.355 e. The van der Waals surface area contributed by atoms with E-state index in [1.165, 1.54) is 24.8 Å². The monoisotopic (exact) mass is 407 g/mol. The Labute approximate surface area is 173 Å². The standard InChI is InChI=1S/C22H21N3O5/c1-14(21(28)25-13-20(27)24-17-10-6-7-11-19(17)25)30-22(29)18(23-15(2)26)12-16-8-4-3-5-9-16/h3-12,14H,13H2,1-2H3,(H,23,26)(H,24,27)/b18-12-/t14-/m1/s1. The first-order valence-electron chi connectivity index (χ1n) is 9.30. The molecule has 154 valence electrons. The molecule has 0 aromatic heterocycles. The lowest BCUT2D eigenvalue weighted by atomic mass is 10.1. The molecule has 1 aliphatic rings. The maximum absolute atomic E-state index is 12.9. The molecule has 0 saturated heterocycles. The van der Waals surface area contributed by atoms with Crippen molar-refractivity contribution in [1.29, 1.82) is 0 Å². The summed E-state index contributed by atoms with van der Waals surface area (Å²) in [7, 11) is 0. The molecule has 8 heteroatoms. The molecule has 0 bridgehead atoms. The fourth-order valence-corrected chi connectivity index (χ4v) is 2.98. The number of carbonyl (C=O) groups excluding carboxylic acids is 4. The first-order valence-corrected chi connectivity index (χ1v) is 9.30. The molecule has 0 saturated carbocycles. The summed E-state index contributed by atoms with van der Waals surface area (Å²) in [6, 6.07) is 15.8. The van der Waals surface area contributed by atoms with Gasteiger partial charge in [-0.05, 0) is 30.7 Å². The molecule has 2 aromatic rings. The van der Waals surface area contributed by atoms with Crippen LogP contribution in [0.2, 0.25) is 0 Å². The lowest BCUT2D eigenvalue weighted by Crippen LogP contribution is -2.47. The Morgan fingerprint density at radius 1 is 1.10 bits per heavy atom. The van der Waals surface area contributed by atoms with E-state index in [2.05, 4.69) is 10.6 Å². The highest BCUT2D eigenvalue weighted by atomic mass is 16.5. The third kappa shape index (κ3) is 4.91. The summed E-state index contributed by atoms with van der Waals surface area (Å²) in [6.45, 7) is 2.50. The molecule has 2 aromatic carbocycles. The number of amides is 3. The van der Waals surface area contributed by atoms with Crippen molar-refractivity contribution in [2.45, 2.75) is 20.0 Å². The fraction of sp³-hybridized carbons (Fsp3) is 0.182. The summed E-state index contributed by atoms with van der Waals surface area (Å²) in [5.74, 6) is -2.20. The predicted molar refractivity (Wildman–Crippen MR) is 111 cm³/mol. The van der Waals surface area contributed by atoms with Gasteiger partial charge in [0.25, 0.3) is 5.91 Å². The summed E-state index contributed by atoms with van der Waals surface area (Å²) >= 11 is 0. The number of ether oxygens (including phenoxy) is 1. The average Bonchev–Trinajstić information content (AvgIpc) is 2.72. The zero-order valence-corrected chi connectivity index (χ0v) is 16.5. The van der Waals surface area contributed by atoms with Crippen LogP contribution in [-0.2, 0) is 23.9 Å². The van der Waals surface area contributed by atoms with Gasteiger partial charge in [0.2, 0.25) is 11.8 Å². The molecule has 3 rings (SSSR count). The van der Waals surface area contributed by atoms with Crippen LogP contribution in [0.4, 0.5) is 11.4 Å². The van der Waals surface area contributed by atoms with Crippen molar-refractivity contribution in [2.75, 3.05) is 16.8 Å². The van der Waals surface area contributed by atoms with Crippen LogP contribution in [0.1, 0.15) is 19.4 Å². The maximum atomic E-state index is 12.9. The Hall–Kier alpha value is -3.94. The van der Waals surface area contributed by atoms with Crippen LogP contribution in [0.15, 0.2) is 60.3 Å². The number of anilines is 2. The van der Waals surface area contributed by atoms with E-state index in [0.29, 0.717) is 16.9 Å². The van der Waals surface area contributed by atoms with Crippen molar-refractivity contribution in [3.63, 3.8) is 0 Å². The summed E-state index contributed by atoms with van der Waals surface area (Å²) in [4.78, 5) is 50.3. The van der Waals surface area contributed by atoms with Crippen molar-refractivity contribution in [2.24, 2.45) is 0 Å². The first-order chi connectivity index (χ1) is 14.3. The summed E-state index contributed by atoms with van der Waals surface area (Å²) < 4.78 is 5.31. The number of carbonyl (C=O) groups is 4. The number of nitrogens with zero attached hydrogens (tertiary/aromatic N) is 1. The molecule has 1 heterocycles. The van der Waals surface area contributed by atoms with E-state index in [9.17, 15) is 19.2 Å². The molecule has 1 aliphatic heterocycles. The summed E-state index contributed by atoms with van der Waals surface area (Å²) in [6.07, 6.45) is 0.286. The summed E-state index contributed by atoms with van der Waals surface area (Å²) in [5, 5.41) is 5.13. The molecule has 0 radical (unpaired) electrons. The largest absolute Gasteiger partial charge is 0.448 e. The van der Waals surface area contributed by atoms with E-state index < -0.39 is 23.9 Å². The highest BCUT2D eigenvalue weighted by Gasteiger charge is 2.31. The third-order valence-corrected chi connectivity index (χ3v) is 4.31. The van der Waals surface area contributed by atoms with Gasteiger partial charge in [0, 0.05) is 6.92 Å². The second kappa shape index (κ2) is 9.04. The van der Waals surface area contributed by atoms with Crippen LogP contribution in [0.3, 0.4) is 0 Å². The normalized spacial score (nSPS) is 14.3. The topological polar surface area (TPSA) is 105 Å². The molecular weight excluding hydrogens is 386 g/mol. The number of hydrogen-bond acceptors (Lipinski definition) is 5. The SMILES string of the molecule is CC(=O)N/C(=C\c1ccccc1)C(=O)O[C@H](C)C(=O)N1CC(=O)Nc2ccccc21. The Balaban J connectivity index is 1.78. The molecule has 0 fully saturated rings. The molecule has 0 unspecified atom stereocenters. The van der Waals surface area contributed by atoms with Gasteiger partial charge in [-0.15, -0.1) is 0 Å². The number of nitrogens with one attached hydrogen (secondary N) is 2. The van der Waals surface area contributed by atoms with Crippen LogP contribution in [0.25, 0.3) is 6.08 Å². The van der Waals surface area contributed by atoms with E-state index in [0.717, 1.165) is 0 Å². The van der Waals surface area contributed by atoms with Gasteiger partial charge >= 0.3 is 5.97 Å². The highest BCUT2D eigenvalue weighted by molar-refractivity contribution is 6.11. The van der Waals surface area contributed by atoms with Crippen LogP contribution < -0.4 is 15.5 Å². The van der Waals surface area contributed by atoms with Crippen molar-refractivity contribution >= 4 is 41.1 Å². The van der Waals surface area contributed by atoms with Gasteiger partial charge in [0.15, 0.2) is 6.10 Å². The Kier molecular flexibility index (Phi) is 6.26. The molecule has 2 N–H and O–H groups in total. The average molecular weight is 407 g/mol. The zero-order chi connectivity index (χ0) is 21.7. The number of rotatable bonds is 5. The molecule has 1 atom stereocenters. The van der Waals surface area contributed by atoms with Crippen LogP contribution in [-0.4, -0.2) is 36.3 Å². The zero-order valence-electron chi connectivity index (χ0n) is 16.5. The quantitative estimate of drug-likeness (QED) is 0.583. The van der Waals surface area contributed by atoms with Crippen molar-refractivity contribution in [1.82, 2.24) is 5.32 Å². The van der Waals surface area contributed by atoms with Gasteiger partial charge in [-0.3, -0.25) is 19.3 Å². The van der Waals surface area contributed by atoms with Gasteiger partial charge in [0.1, 0.15) is 12.2 Å². The van der Waals surface area contributed by atoms with Gasteiger partial charge in [-0.2, -0.15) is 0 Å². The van der Waals surface area contributed by atoms with E-state index in [-0.39, 0.29) is 18.1 Å². The van der Waals surface area contributed by atoms with E-state index >= 15 is 0 Å². The van der Waals surface area contributed by atoms with Gasteiger partial charge in [-0.25, -0.2) is 4.79 Å². The van der Waals surface area contributed by atoms with Gasteiger partial charge < -0.3 is 15.4 Å². The molecular formula is C22H21N3O5. The molecule has 0 aliphatic carbocycles. The molecule has 30 heavy (non-hydrogen) atoms. The van der Waals surface area contributed by atoms with Gasteiger partial charge in [0.05, 0.1) is 11.4 Å². The van der Waals surface area contributed by atoms with E-state index in [1.54, 1.807) is 48.5 Å². The predicted octanol–water partition coefficient (Wildman–Crippen LogP) is 2.08. The van der Waals surface area contributed by atoms with E-state index in [1.807, 2.05) is 6.07 Å². The minimum absolute atomic E-state index is 0.0925. The minimum atomic E-state index is -1.18. The second-order valence-electron chi connectivity index (χ2n) is 6.69. The number of para-hydroxylation sites is 2. The number of benzene rings is 2. The first kappa shape index (κ1) is 20.8. The third-order valence-electron chi connectivity index (χ3n) is 4.31. The number of fused-ring (bicyclic) bond motifs is 1.